The Hall–Kier alpha value is -1.55. The van der Waals surface area contributed by atoms with E-state index in [4.69, 9.17) is 0 Å². The number of hydrogen-bond donors (Lipinski definition) is 1. The topological polar surface area (TPSA) is 35.6 Å². The van der Waals surface area contributed by atoms with E-state index in [2.05, 4.69) is 40.5 Å². The maximum absolute atomic E-state index is 11.4. The second-order valence-electron chi connectivity index (χ2n) is 6.95. The number of nitrogens with zero attached hydrogens (tertiary/aromatic N) is 2. The minimum absolute atomic E-state index is 0.227. The molecule has 1 amide bonds. The number of para-hydroxylation sites is 1. The minimum atomic E-state index is 0.227. The van der Waals surface area contributed by atoms with Crippen molar-refractivity contribution in [3.05, 3.63) is 30.3 Å². The molecule has 0 atom stereocenters. The molecule has 0 unspecified atom stereocenters. The lowest BCUT2D eigenvalue weighted by molar-refractivity contribution is -0.130. The highest BCUT2D eigenvalue weighted by molar-refractivity contribution is 5.73. The number of anilines is 1. The minimum Gasteiger partial charge on any atom is -0.371 e. The number of carbonyl (C=O) groups excluding carboxylic acids is 1. The van der Waals surface area contributed by atoms with E-state index in [0.717, 1.165) is 51.5 Å². The first kappa shape index (κ1) is 16.3. The van der Waals surface area contributed by atoms with Crippen LogP contribution in [0.15, 0.2) is 30.3 Å². The molecule has 0 aliphatic carbocycles. The van der Waals surface area contributed by atoms with Crippen LogP contribution in [-0.4, -0.2) is 49.6 Å². The fraction of sp³-hybridized carbons (Fsp3) is 0.632. The molecule has 126 valence electrons. The lowest BCUT2D eigenvalue weighted by atomic mass is 9.95. The monoisotopic (exact) mass is 315 g/mol. The van der Waals surface area contributed by atoms with Crippen molar-refractivity contribution in [2.24, 2.45) is 5.92 Å². The van der Waals surface area contributed by atoms with Gasteiger partial charge in [-0.2, -0.15) is 0 Å². The fourth-order valence-electron chi connectivity index (χ4n) is 3.77. The van der Waals surface area contributed by atoms with Crippen LogP contribution in [0.3, 0.4) is 0 Å². The normalized spacial score (nSPS) is 20.7. The van der Waals surface area contributed by atoms with E-state index in [1.807, 2.05) is 4.90 Å². The number of benzene rings is 1. The summed E-state index contributed by atoms with van der Waals surface area (Å²) in [5.41, 5.74) is 1.35. The lowest BCUT2D eigenvalue weighted by Gasteiger charge is -2.36. The summed E-state index contributed by atoms with van der Waals surface area (Å²) in [6, 6.07) is 11.4. The predicted octanol–water partition coefficient (Wildman–Crippen LogP) is 2.50. The van der Waals surface area contributed by atoms with Crippen molar-refractivity contribution < 1.29 is 4.79 Å². The van der Waals surface area contributed by atoms with E-state index in [1.165, 1.54) is 18.5 Å². The van der Waals surface area contributed by atoms with E-state index in [0.29, 0.717) is 6.04 Å². The molecule has 23 heavy (non-hydrogen) atoms. The SMILES string of the molecule is CC(=O)N1CCC(CNC2CCN(c3ccccc3)CC2)CC1. The summed E-state index contributed by atoms with van der Waals surface area (Å²) in [5, 5.41) is 3.78. The van der Waals surface area contributed by atoms with Gasteiger partial charge in [0.05, 0.1) is 0 Å². The third-order valence-electron chi connectivity index (χ3n) is 5.37. The van der Waals surface area contributed by atoms with Gasteiger partial charge in [0.15, 0.2) is 0 Å². The molecule has 0 bridgehead atoms. The van der Waals surface area contributed by atoms with Gasteiger partial charge in [0, 0.05) is 44.8 Å². The summed E-state index contributed by atoms with van der Waals surface area (Å²) < 4.78 is 0. The molecule has 0 aromatic heterocycles. The maximum atomic E-state index is 11.4. The molecule has 2 aliphatic rings. The molecule has 4 heteroatoms. The zero-order valence-electron chi connectivity index (χ0n) is 14.2. The second kappa shape index (κ2) is 7.82. The van der Waals surface area contributed by atoms with Crippen LogP contribution in [0, 0.1) is 5.92 Å². The summed E-state index contributed by atoms with van der Waals surface area (Å²) in [7, 11) is 0. The molecular weight excluding hydrogens is 286 g/mol. The molecule has 2 heterocycles. The average Bonchev–Trinajstić information content (AvgIpc) is 2.61. The van der Waals surface area contributed by atoms with E-state index >= 15 is 0 Å². The summed E-state index contributed by atoms with van der Waals surface area (Å²) in [6.07, 6.45) is 4.74. The number of carbonyl (C=O) groups is 1. The van der Waals surface area contributed by atoms with Crippen LogP contribution >= 0.6 is 0 Å². The Labute approximate surface area is 139 Å². The van der Waals surface area contributed by atoms with E-state index in [9.17, 15) is 4.79 Å². The number of piperidine rings is 2. The third-order valence-corrected chi connectivity index (χ3v) is 5.37. The van der Waals surface area contributed by atoms with Gasteiger partial charge in [-0.3, -0.25) is 4.79 Å². The largest absolute Gasteiger partial charge is 0.371 e. The van der Waals surface area contributed by atoms with Gasteiger partial charge >= 0.3 is 0 Å². The standard InChI is InChI=1S/C19H29N3O/c1-16(23)21-11-7-17(8-12-21)15-20-18-9-13-22(14-10-18)19-5-3-2-4-6-19/h2-6,17-18,20H,7-15H2,1H3. The zero-order chi connectivity index (χ0) is 16.1. The molecule has 0 saturated carbocycles. The average molecular weight is 315 g/mol. The molecule has 0 spiro atoms. The Bertz CT molecular complexity index is 489. The molecule has 1 aromatic carbocycles. The molecule has 2 saturated heterocycles. The maximum Gasteiger partial charge on any atom is 0.219 e. The van der Waals surface area contributed by atoms with Gasteiger partial charge in [-0.1, -0.05) is 18.2 Å². The molecule has 4 nitrogen and oxygen atoms in total. The molecule has 2 fully saturated rings. The highest BCUT2D eigenvalue weighted by atomic mass is 16.2. The van der Waals surface area contributed by atoms with Crippen molar-refractivity contribution in [2.75, 3.05) is 37.6 Å². The molecule has 3 rings (SSSR count). The molecule has 1 N–H and O–H groups in total. The van der Waals surface area contributed by atoms with Gasteiger partial charge in [0.1, 0.15) is 0 Å². The second-order valence-corrected chi connectivity index (χ2v) is 6.95. The van der Waals surface area contributed by atoms with Crippen LogP contribution in [-0.2, 0) is 4.79 Å². The summed E-state index contributed by atoms with van der Waals surface area (Å²) >= 11 is 0. The van der Waals surface area contributed by atoms with E-state index < -0.39 is 0 Å². The first-order valence-electron chi connectivity index (χ1n) is 9.01. The van der Waals surface area contributed by atoms with Crippen molar-refractivity contribution in [3.63, 3.8) is 0 Å². The predicted molar refractivity (Wildman–Crippen MR) is 94.7 cm³/mol. The van der Waals surface area contributed by atoms with Crippen molar-refractivity contribution in [1.29, 1.82) is 0 Å². The Morgan fingerprint density at radius 1 is 1.04 bits per heavy atom. The number of rotatable bonds is 4. The Morgan fingerprint density at radius 3 is 2.30 bits per heavy atom. The molecule has 0 radical (unpaired) electrons. The van der Waals surface area contributed by atoms with Gasteiger partial charge in [-0.15, -0.1) is 0 Å². The smallest absolute Gasteiger partial charge is 0.219 e. The van der Waals surface area contributed by atoms with E-state index in [-0.39, 0.29) is 5.91 Å². The van der Waals surface area contributed by atoms with Gasteiger partial charge in [-0.25, -0.2) is 0 Å². The van der Waals surface area contributed by atoms with Crippen LogP contribution in [0.5, 0.6) is 0 Å². The molecule has 1 aromatic rings. The van der Waals surface area contributed by atoms with Crippen LogP contribution in [0.4, 0.5) is 5.69 Å². The number of nitrogens with one attached hydrogen (secondary N) is 1. The van der Waals surface area contributed by atoms with Crippen LogP contribution < -0.4 is 10.2 Å². The molecule has 2 aliphatic heterocycles. The van der Waals surface area contributed by atoms with Crippen molar-refractivity contribution >= 4 is 11.6 Å². The summed E-state index contributed by atoms with van der Waals surface area (Å²) in [5.74, 6) is 0.961. The highest BCUT2D eigenvalue weighted by Crippen LogP contribution is 2.21. The zero-order valence-corrected chi connectivity index (χ0v) is 14.2. The third kappa shape index (κ3) is 4.47. The first-order chi connectivity index (χ1) is 11.2. The quantitative estimate of drug-likeness (QED) is 0.927. The number of hydrogen-bond acceptors (Lipinski definition) is 3. The summed E-state index contributed by atoms with van der Waals surface area (Å²) in [6.45, 7) is 6.96. The van der Waals surface area contributed by atoms with Gasteiger partial charge < -0.3 is 15.1 Å². The van der Waals surface area contributed by atoms with Gasteiger partial charge in [0.2, 0.25) is 5.91 Å². The van der Waals surface area contributed by atoms with Crippen LogP contribution in [0.1, 0.15) is 32.6 Å². The Morgan fingerprint density at radius 2 is 1.70 bits per heavy atom. The lowest BCUT2D eigenvalue weighted by Crippen LogP contribution is -2.45. The summed E-state index contributed by atoms with van der Waals surface area (Å²) in [4.78, 5) is 15.8. The van der Waals surface area contributed by atoms with Crippen LogP contribution in [0.25, 0.3) is 0 Å². The van der Waals surface area contributed by atoms with Gasteiger partial charge in [0.25, 0.3) is 0 Å². The highest BCUT2D eigenvalue weighted by Gasteiger charge is 2.23. The fourth-order valence-corrected chi connectivity index (χ4v) is 3.77. The van der Waals surface area contributed by atoms with E-state index in [1.54, 1.807) is 6.92 Å². The Kier molecular flexibility index (Phi) is 5.55. The van der Waals surface area contributed by atoms with Gasteiger partial charge in [-0.05, 0) is 50.3 Å². The Balaban J connectivity index is 1.36. The first-order valence-corrected chi connectivity index (χ1v) is 9.01. The van der Waals surface area contributed by atoms with Crippen molar-refractivity contribution in [3.8, 4) is 0 Å². The number of likely N-dealkylation sites (tertiary alicyclic amines) is 1. The molecular formula is C19H29N3O. The van der Waals surface area contributed by atoms with Crippen LogP contribution in [0.2, 0.25) is 0 Å². The van der Waals surface area contributed by atoms with Crippen molar-refractivity contribution in [1.82, 2.24) is 10.2 Å². The number of amides is 1. The van der Waals surface area contributed by atoms with Crippen molar-refractivity contribution in [2.45, 2.75) is 38.6 Å².